The van der Waals surface area contributed by atoms with Crippen LogP contribution in [0.5, 0.6) is 0 Å². The average molecular weight is 304 g/mol. The second kappa shape index (κ2) is 5.29. The summed E-state index contributed by atoms with van der Waals surface area (Å²) in [5.74, 6) is -0.740. The molecule has 0 bridgehead atoms. The van der Waals surface area contributed by atoms with Crippen molar-refractivity contribution in [2.24, 2.45) is 0 Å². The van der Waals surface area contributed by atoms with E-state index in [0.29, 0.717) is 0 Å². The highest BCUT2D eigenvalue weighted by molar-refractivity contribution is 9.10. The number of hydrogen-bond acceptors (Lipinski definition) is 3. The molecule has 0 aliphatic carbocycles. The number of likely N-dealkylation sites (tertiary alicyclic amines) is 1. The van der Waals surface area contributed by atoms with Crippen LogP contribution in [0.15, 0.2) is 15.9 Å². The van der Waals surface area contributed by atoms with E-state index in [-0.39, 0.29) is 0 Å². The highest BCUT2D eigenvalue weighted by Crippen LogP contribution is 2.31. The van der Waals surface area contributed by atoms with Crippen molar-refractivity contribution in [2.45, 2.75) is 25.3 Å². The number of hydrogen-bond donors (Lipinski definition) is 1. The van der Waals surface area contributed by atoms with Crippen LogP contribution in [0.2, 0.25) is 0 Å². The Kier molecular flexibility index (Phi) is 4.00. The summed E-state index contributed by atoms with van der Waals surface area (Å²) < 4.78 is 0.968. The van der Waals surface area contributed by atoms with E-state index < -0.39 is 12.0 Å². The molecule has 2 heterocycles. The van der Waals surface area contributed by atoms with Crippen LogP contribution in [0.3, 0.4) is 0 Å². The van der Waals surface area contributed by atoms with Gasteiger partial charge in [0.25, 0.3) is 0 Å². The number of carboxylic acids is 1. The van der Waals surface area contributed by atoms with Gasteiger partial charge in [-0.25, -0.2) is 0 Å². The lowest BCUT2D eigenvalue weighted by Crippen LogP contribution is -2.37. The van der Waals surface area contributed by atoms with E-state index >= 15 is 0 Å². The van der Waals surface area contributed by atoms with Crippen molar-refractivity contribution in [1.29, 1.82) is 0 Å². The largest absolute Gasteiger partial charge is 0.480 e. The third-order valence-electron chi connectivity index (χ3n) is 2.85. The van der Waals surface area contributed by atoms with Crippen LogP contribution >= 0.6 is 27.3 Å². The van der Waals surface area contributed by atoms with E-state index in [0.717, 1.165) is 35.3 Å². The first kappa shape index (κ1) is 12.1. The Morgan fingerprint density at radius 1 is 1.44 bits per heavy atom. The van der Waals surface area contributed by atoms with Crippen molar-refractivity contribution in [3.8, 4) is 0 Å². The highest BCUT2D eigenvalue weighted by atomic mass is 79.9. The predicted octanol–water partition coefficient (Wildman–Crippen LogP) is 3.12. The van der Waals surface area contributed by atoms with Crippen molar-refractivity contribution in [3.05, 3.63) is 20.8 Å². The normalized spacial score (nSPS) is 19.6. The summed E-state index contributed by atoms with van der Waals surface area (Å²) in [6.45, 7) is 1.79. The number of carbonyl (C=O) groups is 1. The first-order valence-corrected chi connectivity index (χ1v) is 7.06. The van der Waals surface area contributed by atoms with Crippen molar-refractivity contribution in [2.75, 3.05) is 13.1 Å². The molecule has 3 nitrogen and oxygen atoms in total. The molecule has 2 rings (SSSR count). The van der Waals surface area contributed by atoms with Crippen LogP contribution in [-0.4, -0.2) is 29.1 Å². The molecule has 0 saturated carbocycles. The second-order valence-corrected chi connectivity index (χ2v) is 5.86. The maximum absolute atomic E-state index is 11.4. The lowest BCUT2D eigenvalue weighted by Gasteiger charge is -2.31. The summed E-state index contributed by atoms with van der Waals surface area (Å²) in [6, 6.07) is 1.45. The molecule has 1 saturated heterocycles. The van der Waals surface area contributed by atoms with Gasteiger partial charge in [0.15, 0.2) is 0 Å². The smallest absolute Gasteiger partial charge is 0.326 e. The number of carboxylic acid groups (broad SMARTS) is 1. The molecule has 88 valence electrons. The molecule has 0 radical (unpaired) electrons. The van der Waals surface area contributed by atoms with Gasteiger partial charge in [-0.15, -0.1) is 11.3 Å². The summed E-state index contributed by atoms with van der Waals surface area (Å²) in [7, 11) is 0. The molecule has 0 amide bonds. The van der Waals surface area contributed by atoms with Gasteiger partial charge in [0.05, 0.1) is 0 Å². The zero-order valence-corrected chi connectivity index (χ0v) is 11.3. The molecule has 1 aliphatic rings. The number of halogens is 1. The molecule has 0 spiro atoms. The van der Waals surface area contributed by atoms with Crippen LogP contribution in [0.1, 0.15) is 30.2 Å². The fraction of sp³-hybridized carbons (Fsp3) is 0.545. The minimum atomic E-state index is -0.740. The third-order valence-corrected chi connectivity index (χ3v) is 4.59. The van der Waals surface area contributed by atoms with Crippen LogP contribution in [0.4, 0.5) is 0 Å². The molecule has 1 aromatic rings. The maximum Gasteiger partial charge on any atom is 0.326 e. The number of aliphatic carboxylic acids is 1. The van der Waals surface area contributed by atoms with Gasteiger partial charge in [-0.2, -0.15) is 0 Å². The highest BCUT2D eigenvalue weighted by Gasteiger charge is 2.29. The van der Waals surface area contributed by atoms with E-state index in [1.807, 2.05) is 11.4 Å². The molecule has 1 fully saturated rings. The van der Waals surface area contributed by atoms with Crippen molar-refractivity contribution in [3.63, 3.8) is 0 Å². The Morgan fingerprint density at radius 3 is 2.62 bits per heavy atom. The minimum Gasteiger partial charge on any atom is -0.480 e. The van der Waals surface area contributed by atoms with E-state index in [1.54, 1.807) is 0 Å². The quantitative estimate of drug-likeness (QED) is 0.932. The maximum atomic E-state index is 11.4. The Hall–Kier alpha value is -0.390. The Bertz CT molecular complexity index is 374. The first-order valence-electron chi connectivity index (χ1n) is 5.39. The SMILES string of the molecule is O=C(O)[C@H](c1cc(Br)cs1)N1CCCCC1. The third kappa shape index (κ3) is 2.64. The molecule has 16 heavy (non-hydrogen) atoms. The molecule has 0 aromatic carbocycles. The Balaban J connectivity index is 2.19. The van der Waals surface area contributed by atoms with Crippen LogP contribution in [0, 0.1) is 0 Å². The summed E-state index contributed by atoms with van der Waals surface area (Å²) in [5, 5.41) is 11.3. The summed E-state index contributed by atoms with van der Waals surface area (Å²) in [4.78, 5) is 14.3. The van der Waals surface area contributed by atoms with E-state index in [4.69, 9.17) is 0 Å². The molecular formula is C11H14BrNO2S. The van der Waals surface area contributed by atoms with Crippen molar-refractivity contribution < 1.29 is 9.90 Å². The molecule has 1 atom stereocenters. The van der Waals surface area contributed by atoms with Gasteiger partial charge in [0.1, 0.15) is 6.04 Å². The number of thiophene rings is 1. The molecule has 1 aliphatic heterocycles. The van der Waals surface area contributed by atoms with Gasteiger partial charge in [-0.1, -0.05) is 6.42 Å². The van der Waals surface area contributed by atoms with Crippen LogP contribution in [0.25, 0.3) is 0 Å². The van der Waals surface area contributed by atoms with Crippen LogP contribution < -0.4 is 0 Å². The predicted molar refractivity (Wildman–Crippen MR) is 67.8 cm³/mol. The van der Waals surface area contributed by atoms with Crippen LogP contribution in [-0.2, 0) is 4.79 Å². The van der Waals surface area contributed by atoms with Gasteiger partial charge < -0.3 is 5.11 Å². The second-order valence-electron chi connectivity index (χ2n) is 4.00. The van der Waals surface area contributed by atoms with E-state index in [2.05, 4.69) is 20.8 Å². The fourth-order valence-electron chi connectivity index (χ4n) is 2.11. The summed E-state index contributed by atoms with van der Waals surface area (Å²) in [5.41, 5.74) is 0. The topological polar surface area (TPSA) is 40.5 Å². The molecule has 5 heteroatoms. The molecule has 1 aromatic heterocycles. The van der Waals surface area contributed by atoms with Gasteiger partial charge in [0, 0.05) is 14.7 Å². The van der Waals surface area contributed by atoms with Gasteiger partial charge >= 0.3 is 5.97 Å². The molecular weight excluding hydrogens is 290 g/mol. The monoisotopic (exact) mass is 303 g/mol. The summed E-state index contributed by atoms with van der Waals surface area (Å²) >= 11 is 4.88. The van der Waals surface area contributed by atoms with Gasteiger partial charge in [-0.3, -0.25) is 9.69 Å². The van der Waals surface area contributed by atoms with Gasteiger partial charge in [0.2, 0.25) is 0 Å². The molecule has 1 N–H and O–H groups in total. The zero-order chi connectivity index (χ0) is 11.5. The lowest BCUT2D eigenvalue weighted by atomic mass is 10.1. The minimum absolute atomic E-state index is 0.461. The molecule has 0 unspecified atom stereocenters. The summed E-state index contributed by atoms with van der Waals surface area (Å²) in [6.07, 6.45) is 3.43. The number of piperidine rings is 1. The van der Waals surface area contributed by atoms with Gasteiger partial charge in [-0.05, 0) is 47.9 Å². The first-order chi connectivity index (χ1) is 7.68. The lowest BCUT2D eigenvalue weighted by molar-refractivity contribution is -0.143. The fourth-order valence-corrected chi connectivity index (χ4v) is 3.68. The standard InChI is InChI=1S/C11H14BrNO2S/c12-8-6-9(16-7-8)10(11(14)15)13-4-2-1-3-5-13/h6-7,10H,1-5H2,(H,14,15)/t10-/m0/s1. The van der Waals surface area contributed by atoms with Crippen molar-refractivity contribution >= 4 is 33.2 Å². The Labute approximate surface area is 107 Å². The average Bonchev–Trinajstić information content (AvgIpc) is 2.66. The van der Waals surface area contributed by atoms with Crippen molar-refractivity contribution in [1.82, 2.24) is 4.90 Å². The van der Waals surface area contributed by atoms with E-state index in [9.17, 15) is 9.90 Å². The number of rotatable bonds is 3. The zero-order valence-electron chi connectivity index (χ0n) is 8.86. The Morgan fingerprint density at radius 2 is 2.12 bits per heavy atom. The van der Waals surface area contributed by atoms with E-state index in [1.165, 1.54) is 17.8 Å². The number of nitrogens with zero attached hydrogens (tertiary/aromatic N) is 1.